The Morgan fingerprint density at radius 1 is 1.08 bits per heavy atom. The van der Waals surface area contributed by atoms with Gasteiger partial charge in [0.2, 0.25) is 5.91 Å². The molecule has 0 N–H and O–H groups in total. The molecule has 0 spiro atoms. The van der Waals surface area contributed by atoms with Gasteiger partial charge in [-0.15, -0.1) is 0 Å². The summed E-state index contributed by atoms with van der Waals surface area (Å²) in [6.45, 7) is 2.02. The van der Waals surface area contributed by atoms with Crippen molar-refractivity contribution in [2.45, 2.75) is 31.1 Å². The largest absolute Gasteiger partial charge is 0.349 e. The molecular weight excluding hydrogens is 296 g/mol. The summed E-state index contributed by atoms with van der Waals surface area (Å²) < 4.78 is 0. The third-order valence-corrected chi connectivity index (χ3v) is 4.72. The lowest BCUT2D eigenvalue weighted by molar-refractivity contribution is -0.129. The Bertz CT molecular complexity index is 704. The van der Waals surface area contributed by atoms with Crippen molar-refractivity contribution in [3.63, 3.8) is 0 Å². The number of hydrogen-bond donors (Lipinski definition) is 0. The van der Waals surface area contributed by atoms with Crippen LogP contribution in [0.1, 0.15) is 36.8 Å². The standard InChI is InChI=1S/C21H24N2O/c1-4-21(16-22,18-13-9-6-10-14-18)19(15-20(24)23(2)3)17-11-7-5-8-12-17/h5-14,19H,4,15H2,1-3H3/t19-,21-/m1/s1. The summed E-state index contributed by atoms with van der Waals surface area (Å²) in [5, 5.41) is 10.1. The number of nitrogens with zero attached hydrogens (tertiary/aromatic N) is 2. The molecule has 0 fully saturated rings. The van der Waals surface area contributed by atoms with Crippen LogP contribution in [0.5, 0.6) is 0 Å². The van der Waals surface area contributed by atoms with Gasteiger partial charge in [0.25, 0.3) is 0 Å². The molecule has 0 aliphatic rings. The third-order valence-electron chi connectivity index (χ3n) is 4.72. The SMILES string of the molecule is CC[C@@](C#N)(c1ccccc1)[C@H](CC(=O)N(C)C)c1ccccc1. The van der Waals surface area contributed by atoms with E-state index in [1.807, 2.05) is 67.6 Å². The molecule has 0 heterocycles. The van der Waals surface area contributed by atoms with E-state index >= 15 is 0 Å². The zero-order valence-electron chi connectivity index (χ0n) is 14.6. The molecule has 2 rings (SSSR count). The molecule has 124 valence electrons. The number of benzene rings is 2. The van der Waals surface area contributed by atoms with Crippen LogP contribution in [0.2, 0.25) is 0 Å². The van der Waals surface area contributed by atoms with E-state index in [0.717, 1.165) is 11.1 Å². The average molecular weight is 320 g/mol. The molecule has 0 aromatic heterocycles. The molecular formula is C21H24N2O. The Morgan fingerprint density at radius 3 is 2.08 bits per heavy atom. The molecule has 0 saturated carbocycles. The van der Waals surface area contributed by atoms with Crippen molar-refractivity contribution in [3.8, 4) is 6.07 Å². The molecule has 0 aliphatic carbocycles. The molecule has 3 heteroatoms. The highest BCUT2D eigenvalue weighted by atomic mass is 16.2. The van der Waals surface area contributed by atoms with E-state index in [4.69, 9.17) is 0 Å². The van der Waals surface area contributed by atoms with Crippen molar-refractivity contribution in [2.24, 2.45) is 0 Å². The van der Waals surface area contributed by atoms with E-state index in [-0.39, 0.29) is 11.8 Å². The van der Waals surface area contributed by atoms with Gasteiger partial charge in [0.05, 0.1) is 11.5 Å². The number of nitriles is 1. The Labute approximate surface area is 144 Å². The van der Waals surface area contributed by atoms with Crippen molar-refractivity contribution in [3.05, 3.63) is 71.8 Å². The van der Waals surface area contributed by atoms with Gasteiger partial charge in [0.15, 0.2) is 0 Å². The predicted molar refractivity (Wildman–Crippen MR) is 96.5 cm³/mol. The molecule has 0 aliphatic heterocycles. The lowest BCUT2D eigenvalue weighted by atomic mass is 9.65. The number of carbonyl (C=O) groups is 1. The summed E-state index contributed by atoms with van der Waals surface area (Å²) in [5.41, 5.74) is 1.27. The summed E-state index contributed by atoms with van der Waals surface area (Å²) in [6, 6.07) is 22.3. The van der Waals surface area contributed by atoms with E-state index < -0.39 is 5.41 Å². The van der Waals surface area contributed by atoms with Gasteiger partial charge in [-0.05, 0) is 17.5 Å². The van der Waals surface area contributed by atoms with Crippen LogP contribution in [0.25, 0.3) is 0 Å². The van der Waals surface area contributed by atoms with E-state index in [2.05, 4.69) is 6.07 Å². The van der Waals surface area contributed by atoms with Crippen molar-refractivity contribution >= 4 is 5.91 Å². The summed E-state index contributed by atoms with van der Waals surface area (Å²) in [6.07, 6.45) is 0.959. The number of hydrogen-bond acceptors (Lipinski definition) is 2. The van der Waals surface area contributed by atoms with Gasteiger partial charge in [-0.2, -0.15) is 5.26 Å². The van der Waals surface area contributed by atoms with E-state index in [1.54, 1.807) is 19.0 Å². The first-order valence-electron chi connectivity index (χ1n) is 8.27. The van der Waals surface area contributed by atoms with Gasteiger partial charge in [0, 0.05) is 26.4 Å². The van der Waals surface area contributed by atoms with Crippen LogP contribution in [0.4, 0.5) is 0 Å². The monoisotopic (exact) mass is 320 g/mol. The molecule has 0 saturated heterocycles. The highest BCUT2D eigenvalue weighted by molar-refractivity contribution is 5.77. The maximum absolute atomic E-state index is 12.5. The second-order valence-corrected chi connectivity index (χ2v) is 6.26. The van der Waals surface area contributed by atoms with Gasteiger partial charge in [-0.25, -0.2) is 0 Å². The second kappa shape index (κ2) is 7.79. The Kier molecular flexibility index (Phi) is 5.76. The van der Waals surface area contributed by atoms with Crippen LogP contribution < -0.4 is 0 Å². The Hall–Kier alpha value is -2.60. The Balaban J connectivity index is 2.58. The minimum absolute atomic E-state index is 0.0351. The average Bonchev–Trinajstić information content (AvgIpc) is 2.63. The number of carbonyl (C=O) groups excluding carboxylic acids is 1. The maximum Gasteiger partial charge on any atom is 0.222 e. The van der Waals surface area contributed by atoms with Crippen LogP contribution in [0.3, 0.4) is 0 Å². The highest BCUT2D eigenvalue weighted by Gasteiger charge is 2.41. The molecule has 1 amide bonds. The maximum atomic E-state index is 12.5. The quantitative estimate of drug-likeness (QED) is 0.803. The van der Waals surface area contributed by atoms with Crippen LogP contribution in [-0.4, -0.2) is 24.9 Å². The van der Waals surface area contributed by atoms with E-state index in [0.29, 0.717) is 12.8 Å². The molecule has 2 aromatic carbocycles. The van der Waals surface area contributed by atoms with Crippen molar-refractivity contribution in [1.29, 1.82) is 5.26 Å². The van der Waals surface area contributed by atoms with Crippen LogP contribution in [0.15, 0.2) is 60.7 Å². The smallest absolute Gasteiger partial charge is 0.222 e. The molecule has 24 heavy (non-hydrogen) atoms. The summed E-state index contributed by atoms with van der Waals surface area (Å²) in [7, 11) is 3.51. The first kappa shape index (κ1) is 17.7. The van der Waals surface area contributed by atoms with Gasteiger partial charge >= 0.3 is 0 Å². The molecule has 2 aromatic rings. The molecule has 2 atom stereocenters. The first-order valence-corrected chi connectivity index (χ1v) is 8.27. The zero-order chi connectivity index (χ0) is 17.6. The van der Waals surface area contributed by atoms with E-state index in [1.165, 1.54) is 0 Å². The van der Waals surface area contributed by atoms with Crippen LogP contribution in [-0.2, 0) is 10.2 Å². The normalized spacial score (nSPS) is 14.2. The Morgan fingerprint density at radius 2 is 1.62 bits per heavy atom. The van der Waals surface area contributed by atoms with E-state index in [9.17, 15) is 10.1 Å². The summed E-state index contributed by atoms with van der Waals surface area (Å²) >= 11 is 0. The van der Waals surface area contributed by atoms with Gasteiger partial charge < -0.3 is 4.90 Å². The lowest BCUT2D eigenvalue weighted by Crippen LogP contribution is -2.35. The predicted octanol–water partition coefficient (Wildman–Crippen LogP) is 4.12. The highest BCUT2D eigenvalue weighted by Crippen LogP contribution is 2.43. The van der Waals surface area contributed by atoms with Gasteiger partial charge in [-0.3, -0.25) is 4.79 Å². The van der Waals surface area contributed by atoms with Crippen molar-refractivity contribution in [2.75, 3.05) is 14.1 Å². The number of amides is 1. The molecule has 3 nitrogen and oxygen atoms in total. The number of rotatable bonds is 6. The fourth-order valence-corrected chi connectivity index (χ4v) is 3.23. The lowest BCUT2D eigenvalue weighted by Gasteiger charge is -2.35. The minimum atomic E-state index is -0.728. The second-order valence-electron chi connectivity index (χ2n) is 6.26. The first-order chi connectivity index (χ1) is 11.5. The van der Waals surface area contributed by atoms with Crippen LogP contribution >= 0.6 is 0 Å². The fourth-order valence-electron chi connectivity index (χ4n) is 3.23. The molecule has 0 radical (unpaired) electrons. The fraction of sp³-hybridized carbons (Fsp3) is 0.333. The molecule has 0 bridgehead atoms. The van der Waals surface area contributed by atoms with Crippen molar-refractivity contribution in [1.82, 2.24) is 4.90 Å². The van der Waals surface area contributed by atoms with Crippen molar-refractivity contribution < 1.29 is 4.79 Å². The summed E-state index contributed by atoms with van der Waals surface area (Å²) in [5.74, 6) is -0.154. The molecule has 0 unspecified atom stereocenters. The van der Waals surface area contributed by atoms with Gasteiger partial charge in [-0.1, -0.05) is 67.6 Å². The minimum Gasteiger partial charge on any atom is -0.349 e. The topological polar surface area (TPSA) is 44.1 Å². The van der Waals surface area contributed by atoms with Crippen LogP contribution in [0, 0.1) is 11.3 Å². The van der Waals surface area contributed by atoms with Gasteiger partial charge in [0.1, 0.15) is 0 Å². The third kappa shape index (κ3) is 3.49. The summed E-state index contributed by atoms with van der Waals surface area (Å²) in [4.78, 5) is 14.0. The zero-order valence-corrected chi connectivity index (χ0v) is 14.6.